The first-order valence-electron chi connectivity index (χ1n) is 3.39. The van der Waals surface area contributed by atoms with Crippen molar-refractivity contribution in [3.8, 4) is 0 Å². The molecule has 0 N–H and O–H groups in total. The summed E-state index contributed by atoms with van der Waals surface area (Å²) in [6.07, 6.45) is 1.99. The van der Waals surface area contributed by atoms with Crippen LogP contribution in [0.25, 0.3) is 0 Å². The molecular weight excluding hydrogens is 160 g/mol. The van der Waals surface area contributed by atoms with Gasteiger partial charge in [0.15, 0.2) is 0 Å². The van der Waals surface area contributed by atoms with Crippen LogP contribution < -0.4 is 0 Å². The van der Waals surface area contributed by atoms with E-state index in [2.05, 4.69) is 16.9 Å². The van der Waals surface area contributed by atoms with Crippen molar-refractivity contribution in [3.63, 3.8) is 0 Å². The topological polar surface area (TPSA) is 34.0 Å². The highest BCUT2D eigenvalue weighted by molar-refractivity contribution is 7.99. The van der Waals surface area contributed by atoms with Crippen molar-refractivity contribution in [3.05, 3.63) is 0 Å². The molecule has 0 aliphatic carbocycles. The number of hydrogen-bond donors (Lipinski definition) is 0. The van der Waals surface area contributed by atoms with Gasteiger partial charge in [0.25, 0.3) is 0 Å². The molecule has 0 radical (unpaired) electrons. The Bertz CT molecular complexity index is 145. The zero-order valence-corrected chi connectivity index (χ0v) is 8.02. The maximum atomic E-state index is 4.84. The van der Waals surface area contributed by atoms with Crippen LogP contribution in [0, 0.1) is 0 Å². The van der Waals surface area contributed by atoms with Crippen LogP contribution in [0.2, 0.25) is 0 Å². The number of aliphatic imine (C=N–C) groups is 1. The van der Waals surface area contributed by atoms with E-state index >= 15 is 0 Å². The Morgan fingerprint density at radius 3 is 2.64 bits per heavy atom. The molecule has 0 heterocycles. The van der Waals surface area contributed by atoms with E-state index in [0.29, 0.717) is 5.90 Å². The van der Waals surface area contributed by atoms with E-state index in [1.165, 1.54) is 0 Å². The van der Waals surface area contributed by atoms with E-state index in [1.54, 1.807) is 11.8 Å². The Kier molecular flexibility index (Phi) is 5.93. The molecule has 64 valence electrons. The lowest BCUT2D eigenvalue weighted by Gasteiger charge is -2.02. The maximum Gasteiger partial charge on any atom is 0.230 e. The lowest BCUT2D eigenvalue weighted by molar-refractivity contribution is 0.327. The summed E-state index contributed by atoms with van der Waals surface area (Å²) >= 11 is 1.65. The van der Waals surface area contributed by atoms with Gasteiger partial charge in [0, 0.05) is 12.8 Å². The lowest BCUT2D eigenvalue weighted by Crippen LogP contribution is -2.07. The average molecular weight is 174 g/mol. The molecule has 0 rings (SSSR count). The zero-order chi connectivity index (χ0) is 8.69. The van der Waals surface area contributed by atoms with Crippen LogP contribution in [0.5, 0.6) is 0 Å². The summed E-state index contributed by atoms with van der Waals surface area (Å²) in [4.78, 5) is 9.03. The van der Waals surface area contributed by atoms with E-state index in [4.69, 9.17) is 4.84 Å². The highest BCUT2D eigenvalue weighted by atomic mass is 32.2. The number of nitrogens with zero attached hydrogens (tertiary/aromatic N) is 2. The molecule has 4 heteroatoms. The van der Waals surface area contributed by atoms with Crippen LogP contribution >= 0.6 is 11.8 Å². The van der Waals surface area contributed by atoms with E-state index in [9.17, 15) is 0 Å². The molecule has 0 spiro atoms. The Hall–Kier alpha value is -0.510. The van der Waals surface area contributed by atoms with Gasteiger partial charge in [0.2, 0.25) is 5.90 Å². The predicted molar refractivity (Wildman–Crippen MR) is 51.6 cm³/mol. The molecule has 0 saturated heterocycles. The van der Waals surface area contributed by atoms with E-state index in [1.807, 2.05) is 20.1 Å². The number of rotatable bonds is 4. The van der Waals surface area contributed by atoms with Crippen LogP contribution in [-0.4, -0.2) is 30.7 Å². The fraction of sp³-hybridized carbons (Fsp3) is 0.714. The number of hydrogen-bond acceptors (Lipinski definition) is 4. The zero-order valence-electron chi connectivity index (χ0n) is 7.20. The molecule has 0 fully saturated rings. The van der Waals surface area contributed by atoms with Crippen molar-refractivity contribution in [2.45, 2.75) is 19.9 Å². The summed E-state index contributed by atoms with van der Waals surface area (Å²) in [5.74, 6) is 1.39. The van der Waals surface area contributed by atoms with Crippen molar-refractivity contribution in [2.24, 2.45) is 10.1 Å². The molecule has 0 aliphatic heterocycles. The summed E-state index contributed by atoms with van der Waals surface area (Å²) in [6.45, 7) is 7.21. The van der Waals surface area contributed by atoms with Crippen molar-refractivity contribution >= 4 is 24.4 Å². The molecule has 0 amide bonds. The summed E-state index contributed by atoms with van der Waals surface area (Å²) < 4.78 is 0. The molecule has 0 aromatic rings. The van der Waals surface area contributed by atoms with Gasteiger partial charge in [-0.25, -0.2) is 4.99 Å². The Morgan fingerprint density at radius 1 is 1.64 bits per heavy atom. The van der Waals surface area contributed by atoms with Crippen LogP contribution in [0.3, 0.4) is 0 Å². The fourth-order valence-corrected chi connectivity index (χ4v) is 0.947. The van der Waals surface area contributed by atoms with Crippen LogP contribution in [-0.2, 0) is 4.84 Å². The third kappa shape index (κ3) is 5.91. The smallest absolute Gasteiger partial charge is 0.230 e. The third-order valence-corrected chi connectivity index (χ3v) is 1.38. The molecule has 0 aromatic carbocycles. The molecular formula is C7H14N2OS. The molecule has 11 heavy (non-hydrogen) atoms. The highest BCUT2D eigenvalue weighted by Crippen LogP contribution is 1.98. The molecule has 3 nitrogen and oxygen atoms in total. The number of thioether (sulfide) groups is 1. The molecule has 0 aliphatic rings. The second-order valence-corrected chi connectivity index (χ2v) is 3.14. The Labute approximate surface area is 71.9 Å². The minimum absolute atomic E-state index is 0.249. The van der Waals surface area contributed by atoms with Gasteiger partial charge in [0.1, 0.15) is 0 Å². The quantitative estimate of drug-likeness (QED) is 0.370. The standard InChI is InChI=1S/C7H14N2OS/c1-6(2)9-7(5-11-4)10-8-3/h6H,3,5H2,1-2,4H3/b9-7-. The molecule has 0 bridgehead atoms. The van der Waals surface area contributed by atoms with E-state index in [-0.39, 0.29) is 6.04 Å². The second-order valence-electron chi connectivity index (χ2n) is 2.27. The van der Waals surface area contributed by atoms with Crippen molar-refractivity contribution in [1.82, 2.24) is 0 Å². The largest absolute Gasteiger partial charge is 0.341 e. The molecule has 0 atom stereocenters. The van der Waals surface area contributed by atoms with Gasteiger partial charge in [-0.1, -0.05) is 5.16 Å². The highest BCUT2D eigenvalue weighted by Gasteiger charge is 1.99. The predicted octanol–water partition coefficient (Wildman–Crippen LogP) is 1.79. The van der Waals surface area contributed by atoms with E-state index < -0.39 is 0 Å². The molecule has 0 aromatic heterocycles. The van der Waals surface area contributed by atoms with Gasteiger partial charge >= 0.3 is 0 Å². The van der Waals surface area contributed by atoms with Gasteiger partial charge in [-0.3, -0.25) is 0 Å². The average Bonchev–Trinajstić information content (AvgIpc) is 1.87. The molecule has 0 saturated carbocycles. The first-order valence-corrected chi connectivity index (χ1v) is 4.78. The van der Waals surface area contributed by atoms with Crippen molar-refractivity contribution < 1.29 is 4.84 Å². The normalized spacial score (nSPS) is 11.8. The SMILES string of the molecule is C=NO/C(CSC)=N\C(C)C. The van der Waals surface area contributed by atoms with Crippen molar-refractivity contribution in [2.75, 3.05) is 12.0 Å². The van der Waals surface area contributed by atoms with Gasteiger partial charge in [0.05, 0.1) is 5.75 Å². The first kappa shape index (κ1) is 10.5. The summed E-state index contributed by atoms with van der Waals surface area (Å²) in [5.41, 5.74) is 0. The van der Waals surface area contributed by atoms with Crippen LogP contribution in [0.4, 0.5) is 0 Å². The minimum atomic E-state index is 0.249. The maximum absolute atomic E-state index is 4.84. The fourth-order valence-electron chi connectivity index (χ4n) is 0.573. The Morgan fingerprint density at radius 2 is 2.27 bits per heavy atom. The monoisotopic (exact) mass is 174 g/mol. The first-order chi connectivity index (χ1) is 5.20. The van der Waals surface area contributed by atoms with Crippen molar-refractivity contribution in [1.29, 1.82) is 0 Å². The van der Waals surface area contributed by atoms with Crippen LogP contribution in [0.15, 0.2) is 10.1 Å². The van der Waals surface area contributed by atoms with Gasteiger partial charge in [-0.2, -0.15) is 11.8 Å². The summed E-state index contributed by atoms with van der Waals surface area (Å²) in [6, 6.07) is 0.249. The molecule has 0 unspecified atom stereocenters. The van der Waals surface area contributed by atoms with Crippen LogP contribution in [0.1, 0.15) is 13.8 Å². The van der Waals surface area contributed by atoms with E-state index in [0.717, 1.165) is 5.75 Å². The third-order valence-electron chi connectivity index (χ3n) is 0.840. The minimum Gasteiger partial charge on any atom is -0.341 e. The number of oxime groups is 1. The lowest BCUT2D eigenvalue weighted by atomic mass is 10.4. The summed E-state index contributed by atoms with van der Waals surface area (Å²) in [7, 11) is 0. The van der Waals surface area contributed by atoms with Gasteiger partial charge < -0.3 is 4.84 Å². The summed E-state index contributed by atoms with van der Waals surface area (Å²) in [5, 5.41) is 3.31. The van der Waals surface area contributed by atoms with Gasteiger partial charge in [-0.05, 0) is 20.1 Å². The Balaban J connectivity index is 3.95. The van der Waals surface area contributed by atoms with Gasteiger partial charge in [-0.15, -0.1) is 0 Å². The second kappa shape index (κ2) is 6.22.